The Balaban J connectivity index is 2.02. The molecule has 6 heteroatoms. The molecule has 0 aliphatic heterocycles. The zero-order valence-electron chi connectivity index (χ0n) is 9.31. The fourth-order valence-corrected chi connectivity index (χ4v) is 1.46. The highest BCUT2D eigenvalue weighted by Crippen LogP contribution is 2.10. The first kappa shape index (κ1) is 10.7. The number of halogens is 1. The van der Waals surface area contributed by atoms with Gasteiger partial charge in [0, 0.05) is 31.9 Å². The molecule has 0 atom stereocenters. The summed E-state index contributed by atoms with van der Waals surface area (Å²) < 4.78 is 16.6. The highest BCUT2D eigenvalue weighted by atomic mass is 19.1. The fourth-order valence-electron chi connectivity index (χ4n) is 1.46. The number of nitrogens with one attached hydrogen (secondary N) is 1. The van der Waals surface area contributed by atoms with Gasteiger partial charge in [-0.1, -0.05) is 0 Å². The number of hydrogen-bond donors (Lipinski definition) is 1. The maximum Gasteiger partial charge on any atom is 0.216 e. The Morgan fingerprint density at radius 2 is 2.19 bits per heavy atom. The van der Waals surface area contributed by atoms with E-state index in [4.69, 9.17) is 0 Å². The molecule has 1 N–H and O–H groups in total. The van der Waals surface area contributed by atoms with Crippen molar-refractivity contribution in [2.24, 2.45) is 7.05 Å². The summed E-state index contributed by atoms with van der Waals surface area (Å²) in [5.74, 6) is -0.279. The third kappa shape index (κ3) is 2.05. The standard InChI is InChI=1S/C10H14FN5/c1-3-16-10(11)8(5-14-16)4-12-9-6-13-15(2)7-9/h5-7,12H,3-4H2,1-2H3. The summed E-state index contributed by atoms with van der Waals surface area (Å²) in [6, 6.07) is 0. The van der Waals surface area contributed by atoms with E-state index >= 15 is 0 Å². The summed E-state index contributed by atoms with van der Waals surface area (Å²) in [6.07, 6.45) is 5.08. The van der Waals surface area contributed by atoms with Crippen LogP contribution in [0.4, 0.5) is 10.1 Å². The summed E-state index contributed by atoms with van der Waals surface area (Å²) in [4.78, 5) is 0. The van der Waals surface area contributed by atoms with Gasteiger partial charge in [-0.2, -0.15) is 14.6 Å². The summed E-state index contributed by atoms with van der Waals surface area (Å²) in [6.45, 7) is 2.81. The van der Waals surface area contributed by atoms with Crippen LogP contribution in [0.25, 0.3) is 0 Å². The van der Waals surface area contributed by atoms with Crippen molar-refractivity contribution < 1.29 is 4.39 Å². The lowest BCUT2D eigenvalue weighted by Crippen LogP contribution is -2.03. The summed E-state index contributed by atoms with van der Waals surface area (Å²) in [5.41, 5.74) is 1.43. The predicted octanol–water partition coefficient (Wildman–Crippen LogP) is 1.39. The van der Waals surface area contributed by atoms with E-state index in [9.17, 15) is 4.39 Å². The zero-order chi connectivity index (χ0) is 11.5. The molecule has 0 bridgehead atoms. The average molecular weight is 223 g/mol. The Morgan fingerprint density at radius 3 is 2.75 bits per heavy atom. The van der Waals surface area contributed by atoms with Crippen LogP contribution >= 0.6 is 0 Å². The summed E-state index contributed by atoms with van der Waals surface area (Å²) in [5, 5.41) is 11.0. The molecular weight excluding hydrogens is 209 g/mol. The summed E-state index contributed by atoms with van der Waals surface area (Å²) >= 11 is 0. The lowest BCUT2D eigenvalue weighted by atomic mass is 10.3. The lowest BCUT2D eigenvalue weighted by Gasteiger charge is -2.01. The number of nitrogens with zero attached hydrogens (tertiary/aromatic N) is 4. The van der Waals surface area contributed by atoms with Gasteiger partial charge in [-0.15, -0.1) is 0 Å². The molecule has 0 aliphatic rings. The van der Waals surface area contributed by atoms with Crippen molar-refractivity contribution >= 4 is 5.69 Å². The summed E-state index contributed by atoms with van der Waals surface area (Å²) in [7, 11) is 1.83. The molecule has 0 spiro atoms. The highest BCUT2D eigenvalue weighted by molar-refractivity contribution is 5.38. The van der Waals surface area contributed by atoms with Crippen molar-refractivity contribution in [1.29, 1.82) is 0 Å². The van der Waals surface area contributed by atoms with Crippen LogP contribution in [0, 0.1) is 5.95 Å². The van der Waals surface area contributed by atoms with Gasteiger partial charge in [-0.3, -0.25) is 4.68 Å². The number of rotatable bonds is 4. The second-order valence-corrected chi connectivity index (χ2v) is 3.53. The normalized spacial score (nSPS) is 10.7. The van der Waals surface area contributed by atoms with Crippen molar-refractivity contribution in [2.75, 3.05) is 5.32 Å². The molecular formula is C10H14FN5. The van der Waals surface area contributed by atoms with Gasteiger partial charge in [0.15, 0.2) is 0 Å². The zero-order valence-corrected chi connectivity index (χ0v) is 9.31. The SMILES string of the molecule is CCn1ncc(CNc2cnn(C)c2)c1F. The predicted molar refractivity (Wildman–Crippen MR) is 58.4 cm³/mol. The first-order valence-corrected chi connectivity index (χ1v) is 5.13. The Hall–Kier alpha value is -1.85. The van der Waals surface area contributed by atoms with Crippen LogP contribution in [0.2, 0.25) is 0 Å². The van der Waals surface area contributed by atoms with Crippen molar-refractivity contribution in [1.82, 2.24) is 19.6 Å². The molecule has 0 saturated heterocycles. The molecule has 2 aromatic rings. The third-order valence-electron chi connectivity index (χ3n) is 2.33. The second kappa shape index (κ2) is 4.34. The maximum absolute atomic E-state index is 13.6. The molecule has 0 unspecified atom stereocenters. The first-order chi connectivity index (χ1) is 7.70. The van der Waals surface area contributed by atoms with Gasteiger partial charge >= 0.3 is 0 Å². The second-order valence-electron chi connectivity index (χ2n) is 3.53. The minimum absolute atomic E-state index is 0.279. The lowest BCUT2D eigenvalue weighted by molar-refractivity contribution is 0.465. The molecule has 0 aromatic carbocycles. The van der Waals surface area contributed by atoms with E-state index < -0.39 is 0 Å². The monoisotopic (exact) mass is 223 g/mol. The van der Waals surface area contributed by atoms with Crippen LogP contribution in [-0.4, -0.2) is 19.6 Å². The quantitative estimate of drug-likeness (QED) is 0.852. The Labute approximate surface area is 92.9 Å². The van der Waals surface area contributed by atoms with E-state index in [1.54, 1.807) is 17.1 Å². The molecule has 2 rings (SSSR count). The van der Waals surface area contributed by atoms with Crippen LogP contribution in [0.3, 0.4) is 0 Å². The van der Waals surface area contributed by atoms with Gasteiger partial charge in [0.05, 0.1) is 18.1 Å². The van der Waals surface area contributed by atoms with E-state index in [-0.39, 0.29) is 5.95 Å². The van der Waals surface area contributed by atoms with Crippen LogP contribution in [0.15, 0.2) is 18.6 Å². The fraction of sp³-hybridized carbons (Fsp3) is 0.400. The van der Waals surface area contributed by atoms with Crippen molar-refractivity contribution in [2.45, 2.75) is 20.0 Å². The highest BCUT2D eigenvalue weighted by Gasteiger charge is 2.08. The minimum atomic E-state index is -0.279. The molecule has 5 nitrogen and oxygen atoms in total. The minimum Gasteiger partial charge on any atom is -0.378 e. The number of aromatic nitrogens is 4. The largest absolute Gasteiger partial charge is 0.378 e. The molecule has 0 amide bonds. The van der Waals surface area contributed by atoms with Gasteiger partial charge in [-0.05, 0) is 6.92 Å². The van der Waals surface area contributed by atoms with Crippen molar-refractivity contribution in [3.63, 3.8) is 0 Å². The van der Waals surface area contributed by atoms with E-state index in [0.717, 1.165) is 5.69 Å². The van der Waals surface area contributed by atoms with Crippen LogP contribution in [-0.2, 0) is 20.1 Å². The van der Waals surface area contributed by atoms with Gasteiger partial charge in [0.25, 0.3) is 0 Å². The number of hydrogen-bond acceptors (Lipinski definition) is 3. The number of anilines is 1. The van der Waals surface area contributed by atoms with E-state index in [0.29, 0.717) is 18.7 Å². The third-order valence-corrected chi connectivity index (χ3v) is 2.33. The molecule has 0 saturated carbocycles. The van der Waals surface area contributed by atoms with Gasteiger partial charge in [0.2, 0.25) is 5.95 Å². The maximum atomic E-state index is 13.6. The smallest absolute Gasteiger partial charge is 0.216 e. The molecule has 2 heterocycles. The van der Waals surface area contributed by atoms with Crippen molar-refractivity contribution in [3.8, 4) is 0 Å². The van der Waals surface area contributed by atoms with Crippen molar-refractivity contribution in [3.05, 3.63) is 30.1 Å². The van der Waals surface area contributed by atoms with Crippen LogP contribution in [0.1, 0.15) is 12.5 Å². The van der Waals surface area contributed by atoms with Gasteiger partial charge in [0.1, 0.15) is 0 Å². The Bertz CT molecular complexity index is 473. The Kier molecular flexibility index (Phi) is 2.89. The molecule has 0 radical (unpaired) electrons. The topological polar surface area (TPSA) is 47.7 Å². The van der Waals surface area contributed by atoms with E-state index in [2.05, 4.69) is 15.5 Å². The average Bonchev–Trinajstić information content (AvgIpc) is 2.83. The van der Waals surface area contributed by atoms with Gasteiger partial charge in [-0.25, -0.2) is 4.68 Å². The van der Waals surface area contributed by atoms with Gasteiger partial charge < -0.3 is 5.32 Å². The van der Waals surface area contributed by atoms with E-state index in [1.165, 1.54) is 4.68 Å². The van der Waals surface area contributed by atoms with E-state index in [1.807, 2.05) is 20.2 Å². The molecule has 0 aliphatic carbocycles. The first-order valence-electron chi connectivity index (χ1n) is 5.13. The Morgan fingerprint density at radius 1 is 1.38 bits per heavy atom. The molecule has 16 heavy (non-hydrogen) atoms. The molecule has 2 aromatic heterocycles. The molecule has 86 valence electrons. The molecule has 0 fully saturated rings. The van der Waals surface area contributed by atoms with Crippen LogP contribution < -0.4 is 5.32 Å². The van der Waals surface area contributed by atoms with Crippen LogP contribution in [0.5, 0.6) is 0 Å². The number of aryl methyl sites for hydroxylation is 2.